The van der Waals surface area contributed by atoms with Crippen molar-refractivity contribution >= 4 is 26.9 Å². The third-order valence-electron chi connectivity index (χ3n) is 1.64. The Hall–Kier alpha value is -1.28. The molecule has 0 atom stereocenters. The minimum atomic E-state index is -1.02. The van der Waals surface area contributed by atoms with Gasteiger partial charge in [-0.05, 0) is 12.1 Å². The van der Waals surface area contributed by atoms with E-state index in [1.54, 1.807) is 18.2 Å². The minimum absolute atomic E-state index is 0.118. The van der Waals surface area contributed by atoms with Crippen molar-refractivity contribution in [3.05, 3.63) is 23.8 Å². The Kier molecular flexibility index (Phi) is 3.09. The lowest BCUT2D eigenvalue weighted by molar-refractivity contribution is 0.0693. The molecule has 0 bridgehead atoms. The largest absolute Gasteiger partial charge is 0.552 e. The van der Waals surface area contributed by atoms with E-state index in [-0.39, 0.29) is 5.56 Å². The number of carboxylic acids is 1. The van der Waals surface area contributed by atoms with E-state index in [1.165, 1.54) is 0 Å². The molecule has 0 saturated carbocycles. The van der Waals surface area contributed by atoms with Crippen LogP contribution in [0.3, 0.4) is 0 Å². The first-order valence-electron chi connectivity index (χ1n) is 3.65. The molecular formula is C7H10O4Si2. The molecule has 0 radical (unpaired) electrons. The SMILES string of the molecule is O=C(O)c1c(O[SiH3])cccc1O[SiH3]. The average molecular weight is 214 g/mol. The fourth-order valence-electron chi connectivity index (χ4n) is 1.06. The molecule has 1 aromatic carbocycles. The van der Waals surface area contributed by atoms with Gasteiger partial charge in [-0.15, -0.1) is 0 Å². The lowest BCUT2D eigenvalue weighted by Gasteiger charge is -2.09. The third kappa shape index (κ3) is 1.90. The van der Waals surface area contributed by atoms with Crippen LogP contribution in [-0.2, 0) is 0 Å². The number of benzene rings is 1. The van der Waals surface area contributed by atoms with Crippen LogP contribution in [0.5, 0.6) is 11.5 Å². The molecule has 6 heteroatoms. The molecule has 1 rings (SSSR count). The van der Waals surface area contributed by atoms with Crippen molar-refractivity contribution < 1.29 is 18.8 Å². The lowest BCUT2D eigenvalue weighted by atomic mass is 10.2. The average Bonchev–Trinajstić information content (AvgIpc) is 2.16. The highest BCUT2D eigenvalue weighted by Gasteiger charge is 2.15. The van der Waals surface area contributed by atoms with Crippen molar-refractivity contribution in [2.45, 2.75) is 0 Å². The van der Waals surface area contributed by atoms with Gasteiger partial charge in [-0.25, -0.2) is 4.79 Å². The summed E-state index contributed by atoms with van der Waals surface area (Å²) in [6.07, 6.45) is 0. The maximum atomic E-state index is 10.8. The summed E-state index contributed by atoms with van der Waals surface area (Å²) in [6.45, 7) is 0. The van der Waals surface area contributed by atoms with E-state index in [1.807, 2.05) is 0 Å². The van der Waals surface area contributed by atoms with Crippen LogP contribution in [0.15, 0.2) is 18.2 Å². The first kappa shape index (κ1) is 9.81. The maximum absolute atomic E-state index is 10.8. The lowest BCUT2D eigenvalue weighted by Crippen LogP contribution is -2.04. The Morgan fingerprint density at radius 3 is 2.00 bits per heavy atom. The monoisotopic (exact) mass is 214 g/mol. The summed E-state index contributed by atoms with van der Waals surface area (Å²) in [4.78, 5) is 10.8. The van der Waals surface area contributed by atoms with Crippen molar-refractivity contribution in [2.75, 3.05) is 0 Å². The molecular weight excluding hydrogens is 204 g/mol. The van der Waals surface area contributed by atoms with Crippen molar-refractivity contribution in [3.63, 3.8) is 0 Å². The first-order valence-corrected chi connectivity index (χ1v) is 5.28. The van der Waals surface area contributed by atoms with Crippen molar-refractivity contribution in [1.82, 2.24) is 0 Å². The number of carboxylic acid groups (broad SMARTS) is 1. The van der Waals surface area contributed by atoms with E-state index in [4.69, 9.17) is 14.0 Å². The second-order valence-electron chi connectivity index (χ2n) is 2.34. The number of rotatable bonds is 3. The van der Waals surface area contributed by atoms with Gasteiger partial charge in [0.2, 0.25) is 21.0 Å². The van der Waals surface area contributed by atoms with Gasteiger partial charge in [-0.1, -0.05) is 6.07 Å². The van der Waals surface area contributed by atoms with E-state index in [0.717, 1.165) is 0 Å². The smallest absolute Gasteiger partial charge is 0.343 e. The van der Waals surface area contributed by atoms with Crippen LogP contribution in [0.2, 0.25) is 0 Å². The van der Waals surface area contributed by atoms with Crippen LogP contribution in [0.4, 0.5) is 0 Å². The fraction of sp³-hybridized carbons (Fsp3) is 0. The normalized spacial score (nSPS) is 9.85. The number of aromatic carboxylic acids is 1. The molecule has 1 aromatic rings. The van der Waals surface area contributed by atoms with Crippen molar-refractivity contribution in [2.24, 2.45) is 0 Å². The summed E-state index contributed by atoms with van der Waals surface area (Å²) in [5, 5.41) is 8.88. The Labute approximate surface area is 81.6 Å². The molecule has 4 nitrogen and oxygen atoms in total. The van der Waals surface area contributed by atoms with Gasteiger partial charge in [0.15, 0.2) is 0 Å². The van der Waals surface area contributed by atoms with E-state index in [2.05, 4.69) is 0 Å². The highest BCUT2D eigenvalue weighted by Crippen LogP contribution is 2.27. The number of hydrogen-bond acceptors (Lipinski definition) is 3. The van der Waals surface area contributed by atoms with Gasteiger partial charge in [0.05, 0.1) is 0 Å². The second-order valence-corrected chi connectivity index (χ2v) is 3.16. The van der Waals surface area contributed by atoms with Crippen LogP contribution in [-0.4, -0.2) is 32.0 Å². The topological polar surface area (TPSA) is 55.8 Å². The predicted molar refractivity (Wildman–Crippen MR) is 54.5 cm³/mol. The summed E-state index contributed by atoms with van der Waals surface area (Å²) in [5.74, 6) is -0.252. The molecule has 0 aliphatic carbocycles. The summed E-state index contributed by atoms with van der Waals surface area (Å²) < 4.78 is 10.1. The molecule has 70 valence electrons. The first-order chi connectivity index (χ1) is 6.20. The van der Waals surface area contributed by atoms with Gasteiger partial charge in [-0.2, -0.15) is 0 Å². The maximum Gasteiger partial charge on any atom is 0.343 e. The van der Waals surface area contributed by atoms with Crippen LogP contribution in [0.25, 0.3) is 0 Å². The fourth-order valence-corrected chi connectivity index (χ4v) is 1.74. The summed E-state index contributed by atoms with van der Waals surface area (Å²) >= 11 is 0. The molecule has 0 heterocycles. The van der Waals surface area contributed by atoms with Gasteiger partial charge in [0.1, 0.15) is 17.1 Å². The summed E-state index contributed by atoms with van der Waals surface area (Å²) in [5.41, 5.74) is 0.118. The van der Waals surface area contributed by atoms with Gasteiger partial charge in [0.25, 0.3) is 0 Å². The van der Waals surface area contributed by atoms with Crippen LogP contribution in [0, 0.1) is 0 Å². The van der Waals surface area contributed by atoms with Crippen LogP contribution < -0.4 is 8.85 Å². The quantitative estimate of drug-likeness (QED) is 0.636. The third-order valence-corrected chi connectivity index (χ3v) is 2.52. The highest BCUT2D eigenvalue weighted by atomic mass is 28.2. The molecule has 1 N–H and O–H groups in total. The number of hydrogen-bond donors (Lipinski definition) is 1. The molecule has 0 aromatic heterocycles. The van der Waals surface area contributed by atoms with Crippen molar-refractivity contribution in [3.8, 4) is 11.5 Å². The van der Waals surface area contributed by atoms with Gasteiger partial charge in [0, 0.05) is 0 Å². The highest BCUT2D eigenvalue weighted by molar-refractivity contribution is 6.04. The van der Waals surface area contributed by atoms with E-state index >= 15 is 0 Å². The van der Waals surface area contributed by atoms with Crippen molar-refractivity contribution in [1.29, 1.82) is 0 Å². The summed E-state index contributed by atoms with van der Waals surface area (Å²) in [7, 11) is 0.928. The van der Waals surface area contributed by atoms with E-state index in [9.17, 15) is 4.79 Å². The van der Waals surface area contributed by atoms with Gasteiger partial charge in [-0.3, -0.25) is 0 Å². The zero-order chi connectivity index (χ0) is 9.84. The standard InChI is InChI=1S/C7H10O4Si2/c8-7(9)6-4(10-12)2-1-3-5(6)11-13/h1-3H,12-13H3,(H,8,9). The molecule has 0 aliphatic heterocycles. The molecule has 13 heavy (non-hydrogen) atoms. The molecule has 0 spiro atoms. The Balaban J connectivity index is 3.29. The van der Waals surface area contributed by atoms with E-state index in [0.29, 0.717) is 32.5 Å². The van der Waals surface area contributed by atoms with Gasteiger partial charge < -0.3 is 14.0 Å². The Morgan fingerprint density at radius 1 is 1.23 bits per heavy atom. The molecule has 0 aliphatic rings. The Morgan fingerprint density at radius 2 is 1.69 bits per heavy atom. The van der Waals surface area contributed by atoms with Crippen LogP contribution in [0.1, 0.15) is 10.4 Å². The Bertz CT molecular complexity index is 304. The zero-order valence-corrected chi connectivity index (χ0v) is 11.4. The minimum Gasteiger partial charge on any atom is -0.552 e. The van der Waals surface area contributed by atoms with Gasteiger partial charge >= 0.3 is 5.97 Å². The number of carbonyl (C=O) groups is 1. The van der Waals surface area contributed by atoms with E-state index < -0.39 is 5.97 Å². The molecule has 0 unspecified atom stereocenters. The zero-order valence-electron chi connectivity index (χ0n) is 7.40. The second kappa shape index (κ2) is 4.10. The molecule has 0 amide bonds. The predicted octanol–water partition coefficient (Wildman–Crippen LogP) is -1.30. The summed E-state index contributed by atoms with van der Waals surface area (Å²) in [6, 6.07) is 4.97. The van der Waals surface area contributed by atoms with Crippen LogP contribution >= 0.6 is 0 Å². The molecule has 0 fully saturated rings. The molecule has 0 saturated heterocycles.